The van der Waals surface area contributed by atoms with Gasteiger partial charge < -0.3 is 29.7 Å². The lowest BCUT2D eigenvalue weighted by molar-refractivity contribution is -0.134. The molecule has 3 N–H and O–H groups in total. The number of piperazine rings is 1. The first-order valence-electron chi connectivity index (χ1n) is 22.0. The number of alkyl halides is 2. The van der Waals surface area contributed by atoms with Crippen LogP contribution in [0.1, 0.15) is 64.0 Å². The van der Waals surface area contributed by atoms with E-state index < -0.39 is 30.0 Å². The van der Waals surface area contributed by atoms with Crippen molar-refractivity contribution in [1.29, 1.82) is 0 Å². The second kappa shape index (κ2) is 15.9. The first-order valence-corrected chi connectivity index (χ1v) is 22.4. The maximum atomic E-state index is 15.2. The Bertz CT molecular complexity index is 2690. The van der Waals surface area contributed by atoms with Crippen molar-refractivity contribution < 1.29 is 23.1 Å². The molecule has 4 aliphatic heterocycles. The quantitative estimate of drug-likeness (QED) is 0.153. The Morgan fingerprint density at radius 2 is 1.73 bits per heavy atom. The van der Waals surface area contributed by atoms with Gasteiger partial charge in [0, 0.05) is 81.8 Å². The zero-order chi connectivity index (χ0) is 43.9. The normalized spacial score (nSPS) is 24.5. The SMILES string of the molecule is CC1CN(c2ncc(Cl)c(Nc3ccc4c(c3)c3c(c(=O)n4C)OCC(F)(F)C(C4CC4)N3)n2)CC(C)N1CC1CCN(c2cccc3c(C4CCC(=O)NC4=O)nn(C)c23)CC1. The summed E-state index contributed by atoms with van der Waals surface area (Å²) in [7, 11) is 3.54. The van der Waals surface area contributed by atoms with Crippen molar-refractivity contribution in [2.45, 2.75) is 82.3 Å². The molecule has 5 aromatic rings. The molecule has 1 saturated carbocycles. The van der Waals surface area contributed by atoms with E-state index in [1.54, 1.807) is 19.3 Å². The van der Waals surface area contributed by atoms with Gasteiger partial charge in [0.05, 0.1) is 46.3 Å². The Morgan fingerprint density at radius 3 is 2.46 bits per heavy atom. The summed E-state index contributed by atoms with van der Waals surface area (Å²) in [5, 5.41) is 15.5. The van der Waals surface area contributed by atoms with Gasteiger partial charge in [-0.25, -0.2) is 13.8 Å². The van der Waals surface area contributed by atoms with Crippen molar-refractivity contribution in [1.82, 2.24) is 34.5 Å². The predicted octanol–water partition coefficient (Wildman–Crippen LogP) is 6.17. The van der Waals surface area contributed by atoms with Crippen molar-refractivity contribution in [2.75, 3.05) is 59.8 Å². The Balaban J connectivity index is 0.805. The fraction of sp³-hybridized carbons (Fsp3) is 0.511. The largest absolute Gasteiger partial charge is 0.480 e. The van der Waals surface area contributed by atoms with Crippen LogP contribution in [-0.4, -0.2) is 104 Å². The van der Waals surface area contributed by atoms with Crippen molar-refractivity contribution in [3.8, 4) is 5.75 Å². The Hall–Kier alpha value is -5.55. The molecule has 5 aliphatic rings. The smallest absolute Gasteiger partial charge is 0.301 e. The van der Waals surface area contributed by atoms with Gasteiger partial charge in [-0.3, -0.25) is 29.3 Å². The van der Waals surface area contributed by atoms with E-state index in [2.05, 4.69) is 55.5 Å². The van der Waals surface area contributed by atoms with E-state index in [9.17, 15) is 14.4 Å². The van der Waals surface area contributed by atoms with Gasteiger partial charge in [0.15, 0.2) is 12.4 Å². The summed E-state index contributed by atoms with van der Waals surface area (Å²) < 4.78 is 39.3. The van der Waals surface area contributed by atoms with Crippen LogP contribution in [0.5, 0.6) is 5.75 Å². The molecule has 4 fully saturated rings. The number of aryl methyl sites for hydroxylation is 2. The van der Waals surface area contributed by atoms with Gasteiger partial charge >= 0.3 is 5.92 Å². The first-order chi connectivity index (χ1) is 30.2. The molecule has 15 nitrogen and oxygen atoms in total. The second-order valence-corrected chi connectivity index (χ2v) is 18.6. The van der Waals surface area contributed by atoms with Crippen LogP contribution in [-0.2, 0) is 23.7 Å². The summed E-state index contributed by atoms with van der Waals surface area (Å²) in [6, 6.07) is 10.9. The lowest BCUT2D eigenvalue weighted by Crippen LogP contribution is -2.58. The van der Waals surface area contributed by atoms with E-state index >= 15 is 8.78 Å². The topological polar surface area (TPSA) is 155 Å². The molecule has 3 saturated heterocycles. The molecule has 63 heavy (non-hydrogen) atoms. The van der Waals surface area contributed by atoms with Crippen molar-refractivity contribution in [2.24, 2.45) is 25.9 Å². The number of benzene rings is 2. The number of fused-ring (bicyclic) bond motifs is 4. The van der Waals surface area contributed by atoms with Gasteiger partial charge in [0.1, 0.15) is 5.02 Å². The average molecular weight is 884 g/mol. The van der Waals surface area contributed by atoms with Gasteiger partial charge in [0.25, 0.3) is 5.56 Å². The van der Waals surface area contributed by atoms with Gasteiger partial charge in [-0.2, -0.15) is 10.1 Å². The highest BCUT2D eigenvalue weighted by Gasteiger charge is 2.51. The summed E-state index contributed by atoms with van der Waals surface area (Å²) in [4.78, 5) is 54.6. The maximum absolute atomic E-state index is 15.2. The number of piperidine rings is 2. The Kier molecular flexibility index (Phi) is 10.5. The molecular formula is C45H52ClF2N11O4. The van der Waals surface area contributed by atoms with Crippen LogP contribution >= 0.6 is 11.6 Å². The van der Waals surface area contributed by atoms with E-state index in [0.29, 0.717) is 65.0 Å². The summed E-state index contributed by atoms with van der Waals surface area (Å²) in [5.74, 6) is -2.88. The fourth-order valence-corrected chi connectivity index (χ4v) is 10.5. The summed E-state index contributed by atoms with van der Waals surface area (Å²) in [6.45, 7) is 7.93. The first kappa shape index (κ1) is 41.5. The molecule has 0 radical (unpaired) electrons. The molecular weight excluding hydrogens is 832 g/mol. The molecule has 10 rings (SSSR count). The predicted molar refractivity (Wildman–Crippen MR) is 239 cm³/mol. The minimum absolute atomic E-state index is 0.109. The number of amides is 2. The van der Waals surface area contributed by atoms with Gasteiger partial charge in [0.2, 0.25) is 23.5 Å². The number of para-hydroxylation sites is 1. The van der Waals surface area contributed by atoms with Crippen LogP contribution in [0.2, 0.25) is 5.02 Å². The third kappa shape index (κ3) is 7.59. The van der Waals surface area contributed by atoms with Crippen LogP contribution in [0.25, 0.3) is 21.8 Å². The molecule has 0 bridgehead atoms. The number of anilines is 5. The van der Waals surface area contributed by atoms with Crippen LogP contribution in [0, 0.1) is 11.8 Å². The zero-order valence-electron chi connectivity index (χ0n) is 35.8. The number of carbonyl (C=O) groups is 2. The fourth-order valence-electron chi connectivity index (χ4n) is 10.4. The minimum Gasteiger partial charge on any atom is -0.480 e. The Morgan fingerprint density at radius 1 is 0.968 bits per heavy atom. The molecule has 4 unspecified atom stereocenters. The Labute approximate surface area is 368 Å². The molecule has 3 aromatic heterocycles. The summed E-state index contributed by atoms with van der Waals surface area (Å²) in [6.07, 6.45) is 5.87. The number of pyridine rings is 1. The van der Waals surface area contributed by atoms with Crippen LogP contribution in [0.4, 0.5) is 37.6 Å². The average Bonchev–Trinajstić information content (AvgIpc) is 4.06. The van der Waals surface area contributed by atoms with Crippen molar-refractivity contribution >= 4 is 74.0 Å². The highest BCUT2D eigenvalue weighted by Crippen LogP contribution is 2.46. The van der Waals surface area contributed by atoms with E-state index in [-0.39, 0.29) is 41.3 Å². The number of halogens is 3. The molecule has 7 heterocycles. The monoisotopic (exact) mass is 883 g/mol. The number of hydrogen-bond donors (Lipinski definition) is 3. The van der Waals surface area contributed by atoms with Gasteiger partial charge in [-0.05, 0) is 82.1 Å². The highest BCUT2D eigenvalue weighted by atomic mass is 35.5. The number of rotatable bonds is 8. The number of aromatic nitrogens is 5. The number of nitrogens with one attached hydrogen (secondary N) is 3. The number of nitrogens with zero attached hydrogens (tertiary/aromatic N) is 8. The van der Waals surface area contributed by atoms with E-state index in [1.165, 1.54) is 4.57 Å². The maximum Gasteiger partial charge on any atom is 0.301 e. The molecule has 0 spiro atoms. The number of ether oxygens (including phenoxy) is 1. The zero-order valence-corrected chi connectivity index (χ0v) is 36.6. The number of carbonyl (C=O) groups excluding carboxylic acids is 2. The lowest BCUT2D eigenvalue weighted by atomic mass is 9.92. The van der Waals surface area contributed by atoms with Crippen LogP contribution in [0.3, 0.4) is 0 Å². The van der Waals surface area contributed by atoms with Crippen molar-refractivity contribution in [3.63, 3.8) is 0 Å². The van der Waals surface area contributed by atoms with Crippen LogP contribution < -0.4 is 36.0 Å². The lowest BCUT2D eigenvalue weighted by Gasteiger charge is -2.46. The van der Waals surface area contributed by atoms with Gasteiger partial charge in [-0.15, -0.1) is 0 Å². The van der Waals surface area contributed by atoms with E-state index in [1.807, 2.05) is 36.0 Å². The summed E-state index contributed by atoms with van der Waals surface area (Å²) >= 11 is 6.69. The van der Waals surface area contributed by atoms with E-state index in [0.717, 1.165) is 67.8 Å². The second-order valence-electron chi connectivity index (χ2n) is 18.2. The van der Waals surface area contributed by atoms with Gasteiger partial charge in [-0.1, -0.05) is 23.7 Å². The highest BCUT2D eigenvalue weighted by molar-refractivity contribution is 6.33. The molecule has 1 aliphatic carbocycles. The molecule has 332 valence electrons. The van der Waals surface area contributed by atoms with Crippen LogP contribution in [0.15, 0.2) is 47.4 Å². The third-order valence-corrected chi connectivity index (χ3v) is 14.1. The molecule has 2 amide bonds. The van der Waals surface area contributed by atoms with E-state index in [4.69, 9.17) is 26.4 Å². The minimum atomic E-state index is -3.14. The third-order valence-electron chi connectivity index (χ3n) is 13.9. The number of imide groups is 1. The molecule has 4 atom stereocenters. The van der Waals surface area contributed by atoms with Crippen molar-refractivity contribution in [3.05, 3.63) is 63.7 Å². The summed E-state index contributed by atoms with van der Waals surface area (Å²) in [5.41, 5.74) is 3.85. The number of hydrogen-bond acceptors (Lipinski definition) is 12. The standard InChI is InChI=1S/C45H52ClF2N11O4/c1-24-20-58(21-25(2)59(24)22-26-14-16-57(17-15-26)34-7-5-6-29-36(54-56(4)38(29)34)30-11-13-35(60)51-42(30)61)44-49-19-32(46)41(53-44)50-28-10-12-33-31(18-28)37-39(43(62)55(33)3)63-23-45(47,48)40(52-37)27-8-9-27/h5-7,10,12,18-19,24-27,30,40,52H,8-9,11,13-17,20-23H2,1-4H3,(H,49,50,53)(H,51,60,61). The molecule has 18 heteroatoms. The molecule has 2 aromatic carbocycles.